The minimum absolute atomic E-state index is 0.0855. The zero-order valence-corrected chi connectivity index (χ0v) is 11.7. The van der Waals surface area contributed by atoms with Crippen molar-refractivity contribution in [3.63, 3.8) is 0 Å². The van der Waals surface area contributed by atoms with Crippen LogP contribution in [0.15, 0.2) is 24.5 Å². The van der Waals surface area contributed by atoms with Gasteiger partial charge in [0, 0.05) is 45.6 Å². The van der Waals surface area contributed by atoms with Gasteiger partial charge >= 0.3 is 0 Å². The third-order valence-corrected chi connectivity index (χ3v) is 3.55. The summed E-state index contributed by atoms with van der Waals surface area (Å²) < 4.78 is 0. The molecular formula is C14H22N4O. The van der Waals surface area contributed by atoms with Crippen LogP contribution < -0.4 is 5.32 Å². The molecule has 1 N–H and O–H groups in total. The maximum Gasteiger partial charge on any atom is 0.240 e. The largest absolute Gasteiger partial charge is 0.344 e. The number of nitrogens with zero attached hydrogens (tertiary/aromatic N) is 3. The van der Waals surface area contributed by atoms with Crippen molar-refractivity contribution in [2.24, 2.45) is 0 Å². The smallest absolute Gasteiger partial charge is 0.240 e. The number of carbonyl (C=O) groups excluding carboxylic acids is 1. The summed E-state index contributed by atoms with van der Waals surface area (Å²) in [6, 6.07) is 3.91. The van der Waals surface area contributed by atoms with E-state index in [0.717, 1.165) is 31.6 Å². The SMILES string of the molecule is CNCC1C(=O)N(C)CCCN1Cc1cccnc1. The van der Waals surface area contributed by atoms with Gasteiger partial charge in [-0.3, -0.25) is 14.7 Å². The normalized spacial score (nSPS) is 21.5. The quantitative estimate of drug-likeness (QED) is 0.850. The van der Waals surface area contributed by atoms with Crippen molar-refractivity contribution in [1.82, 2.24) is 20.1 Å². The van der Waals surface area contributed by atoms with E-state index in [-0.39, 0.29) is 11.9 Å². The minimum atomic E-state index is -0.0855. The molecule has 0 aromatic carbocycles. The highest BCUT2D eigenvalue weighted by atomic mass is 16.2. The fourth-order valence-corrected chi connectivity index (χ4v) is 2.51. The first-order chi connectivity index (χ1) is 9.22. The molecule has 1 unspecified atom stereocenters. The summed E-state index contributed by atoms with van der Waals surface area (Å²) in [6.45, 7) is 3.24. The summed E-state index contributed by atoms with van der Waals surface area (Å²) in [6.07, 6.45) is 4.66. The molecule has 0 radical (unpaired) electrons. The standard InChI is InChI=1S/C14H22N4O/c1-15-10-13-14(19)17(2)7-4-8-18(13)11-12-5-3-6-16-9-12/h3,5-6,9,13,15H,4,7-8,10-11H2,1-2H3. The number of hydrogen-bond acceptors (Lipinski definition) is 4. The predicted molar refractivity (Wildman–Crippen MR) is 74.6 cm³/mol. The van der Waals surface area contributed by atoms with Crippen LogP contribution in [-0.4, -0.2) is 60.5 Å². The molecule has 2 heterocycles. The van der Waals surface area contributed by atoms with E-state index in [2.05, 4.69) is 21.3 Å². The molecule has 0 aliphatic carbocycles. The molecule has 1 aromatic heterocycles. The molecule has 0 saturated carbocycles. The van der Waals surface area contributed by atoms with Gasteiger partial charge < -0.3 is 10.2 Å². The lowest BCUT2D eigenvalue weighted by Crippen LogP contribution is -2.49. The lowest BCUT2D eigenvalue weighted by Gasteiger charge is -2.29. The molecule has 1 aromatic rings. The van der Waals surface area contributed by atoms with Crippen molar-refractivity contribution in [1.29, 1.82) is 0 Å². The van der Waals surface area contributed by atoms with Crippen molar-refractivity contribution in [3.8, 4) is 0 Å². The third kappa shape index (κ3) is 3.52. The Bertz CT molecular complexity index is 409. The summed E-state index contributed by atoms with van der Waals surface area (Å²) in [5, 5.41) is 3.13. The van der Waals surface area contributed by atoms with Crippen LogP contribution >= 0.6 is 0 Å². The highest BCUT2D eigenvalue weighted by Crippen LogP contribution is 2.13. The monoisotopic (exact) mass is 262 g/mol. The zero-order valence-electron chi connectivity index (χ0n) is 11.7. The second-order valence-corrected chi connectivity index (χ2v) is 5.02. The fourth-order valence-electron chi connectivity index (χ4n) is 2.51. The summed E-state index contributed by atoms with van der Waals surface area (Å²) in [7, 11) is 3.78. The topological polar surface area (TPSA) is 48.5 Å². The maximum absolute atomic E-state index is 12.4. The first-order valence-electron chi connectivity index (χ1n) is 6.75. The van der Waals surface area contributed by atoms with Gasteiger partial charge in [0.05, 0.1) is 0 Å². The lowest BCUT2D eigenvalue weighted by atomic mass is 10.2. The maximum atomic E-state index is 12.4. The van der Waals surface area contributed by atoms with Gasteiger partial charge in [0.15, 0.2) is 0 Å². The molecule has 1 fully saturated rings. The van der Waals surface area contributed by atoms with E-state index in [1.807, 2.05) is 31.3 Å². The molecule has 5 nitrogen and oxygen atoms in total. The van der Waals surface area contributed by atoms with E-state index in [0.29, 0.717) is 6.54 Å². The molecule has 1 aliphatic heterocycles. The van der Waals surface area contributed by atoms with Gasteiger partial charge in [-0.1, -0.05) is 6.07 Å². The van der Waals surface area contributed by atoms with E-state index in [1.54, 1.807) is 6.20 Å². The van der Waals surface area contributed by atoms with Gasteiger partial charge in [-0.15, -0.1) is 0 Å². The zero-order chi connectivity index (χ0) is 13.7. The van der Waals surface area contributed by atoms with Gasteiger partial charge in [0.1, 0.15) is 6.04 Å². The number of nitrogens with one attached hydrogen (secondary N) is 1. The molecule has 1 atom stereocenters. The Kier molecular flexibility index (Phi) is 4.87. The predicted octanol–water partition coefficient (Wildman–Crippen LogP) is 0.334. The van der Waals surface area contributed by atoms with Crippen LogP contribution in [0.2, 0.25) is 0 Å². The summed E-state index contributed by atoms with van der Waals surface area (Å²) in [4.78, 5) is 20.6. The second-order valence-electron chi connectivity index (χ2n) is 5.02. The number of aromatic nitrogens is 1. The molecule has 5 heteroatoms. The minimum Gasteiger partial charge on any atom is -0.344 e. The summed E-state index contributed by atoms with van der Waals surface area (Å²) >= 11 is 0. The van der Waals surface area contributed by atoms with Crippen molar-refractivity contribution < 1.29 is 4.79 Å². The molecule has 1 amide bonds. The van der Waals surface area contributed by atoms with E-state index < -0.39 is 0 Å². The first-order valence-corrected chi connectivity index (χ1v) is 6.75. The number of pyridine rings is 1. The second kappa shape index (κ2) is 6.63. The third-order valence-electron chi connectivity index (χ3n) is 3.55. The van der Waals surface area contributed by atoms with Crippen LogP contribution in [0, 0.1) is 0 Å². The summed E-state index contributed by atoms with van der Waals surface area (Å²) in [5.41, 5.74) is 1.15. The molecule has 19 heavy (non-hydrogen) atoms. The van der Waals surface area contributed by atoms with Crippen LogP contribution in [0.4, 0.5) is 0 Å². The van der Waals surface area contributed by atoms with Gasteiger partial charge in [-0.2, -0.15) is 0 Å². The Balaban J connectivity index is 2.13. The molecule has 104 valence electrons. The highest BCUT2D eigenvalue weighted by Gasteiger charge is 2.30. The van der Waals surface area contributed by atoms with Gasteiger partial charge in [0.2, 0.25) is 5.91 Å². The Morgan fingerprint density at radius 1 is 1.47 bits per heavy atom. The Labute approximate surface area is 114 Å². The average molecular weight is 262 g/mol. The van der Waals surface area contributed by atoms with Crippen LogP contribution in [0.5, 0.6) is 0 Å². The first kappa shape index (κ1) is 14.0. The highest BCUT2D eigenvalue weighted by molar-refractivity contribution is 5.82. The molecule has 0 bridgehead atoms. The van der Waals surface area contributed by atoms with Crippen molar-refractivity contribution >= 4 is 5.91 Å². The molecule has 0 spiro atoms. The number of carbonyl (C=O) groups is 1. The van der Waals surface area contributed by atoms with Crippen molar-refractivity contribution in [3.05, 3.63) is 30.1 Å². The average Bonchev–Trinajstić information content (AvgIpc) is 2.55. The van der Waals surface area contributed by atoms with Gasteiger partial charge in [-0.05, 0) is 25.1 Å². The Morgan fingerprint density at radius 3 is 3.00 bits per heavy atom. The van der Waals surface area contributed by atoms with Crippen molar-refractivity contribution in [2.45, 2.75) is 19.0 Å². The number of hydrogen-bond donors (Lipinski definition) is 1. The Hall–Kier alpha value is -1.46. The van der Waals surface area contributed by atoms with E-state index in [9.17, 15) is 4.79 Å². The number of rotatable bonds is 4. The number of likely N-dealkylation sites (N-methyl/N-ethyl adjacent to an activating group) is 2. The molecule has 1 aliphatic rings. The van der Waals surface area contributed by atoms with Crippen LogP contribution in [0.1, 0.15) is 12.0 Å². The number of amides is 1. The van der Waals surface area contributed by atoms with Gasteiger partial charge in [-0.25, -0.2) is 0 Å². The lowest BCUT2D eigenvalue weighted by molar-refractivity contribution is -0.134. The molecule has 2 rings (SSSR count). The van der Waals surface area contributed by atoms with Crippen molar-refractivity contribution in [2.75, 3.05) is 33.7 Å². The summed E-state index contributed by atoms with van der Waals surface area (Å²) in [5.74, 6) is 0.204. The van der Waals surface area contributed by atoms with Crippen LogP contribution in [0.25, 0.3) is 0 Å². The van der Waals surface area contributed by atoms with E-state index >= 15 is 0 Å². The molecule has 1 saturated heterocycles. The van der Waals surface area contributed by atoms with Gasteiger partial charge in [0.25, 0.3) is 0 Å². The van der Waals surface area contributed by atoms with Crippen LogP contribution in [0.3, 0.4) is 0 Å². The van der Waals surface area contributed by atoms with Crippen LogP contribution in [-0.2, 0) is 11.3 Å². The van der Waals surface area contributed by atoms with E-state index in [1.165, 1.54) is 0 Å². The fraction of sp³-hybridized carbons (Fsp3) is 0.571. The molecular weight excluding hydrogens is 240 g/mol. The van der Waals surface area contributed by atoms with E-state index in [4.69, 9.17) is 0 Å². The Morgan fingerprint density at radius 2 is 2.32 bits per heavy atom.